The lowest BCUT2D eigenvalue weighted by atomic mass is 9.88. The number of carbonyl (C=O) groups is 1. The molecule has 0 aliphatic rings. The van der Waals surface area contributed by atoms with Crippen LogP contribution < -0.4 is 11.1 Å². The predicted octanol–water partition coefficient (Wildman–Crippen LogP) is 1.68. The quantitative estimate of drug-likeness (QED) is 0.747. The molecule has 0 rings (SSSR count). The molecule has 0 heterocycles. The van der Waals surface area contributed by atoms with Gasteiger partial charge in [0.25, 0.3) is 0 Å². The van der Waals surface area contributed by atoms with E-state index in [1.54, 1.807) is 7.11 Å². The zero-order chi connectivity index (χ0) is 13.7. The van der Waals surface area contributed by atoms with Gasteiger partial charge in [-0.2, -0.15) is 0 Å². The zero-order valence-corrected chi connectivity index (χ0v) is 12.1. The lowest BCUT2D eigenvalue weighted by Crippen LogP contribution is -2.41. The first-order chi connectivity index (χ1) is 7.56. The summed E-state index contributed by atoms with van der Waals surface area (Å²) in [6, 6.07) is 0.00427. The van der Waals surface area contributed by atoms with Crippen molar-refractivity contribution >= 4 is 5.91 Å². The second-order valence-electron chi connectivity index (χ2n) is 6.47. The average molecular weight is 244 g/mol. The van der Waals surface area contributed by atoms with Crippen molar-refractivity contribution in [3.63, 3.8) is 0 Å². The van der Waals surface area contributed by atoms with Gasteiger partial charge in [0, 0.05) is 19.7 Å². The van der Waals surface area contributed by atoms with Crippen molar-refractivity contribution in [3.05, 3.63) is 0 Å². The second kappa shape index (κ2) is 6.36. The summed E-state index contributed by atoms with van der Waals surface area (Å²) in [6.45, 7) is 10.7. The summed E-state index contributed by atoms with van der Waals surface area (Å²) in [5.74, 6) is -0.0128. The van der Waals surface area contributed by atoms with Gasteiger partial charge in [-0.05, 0) is 25.7 Å². The van der Waals surface area contributed by atoms with Gasteiger partial charge in [0.2, 0.25) is 5.91 Å². The van der Waals surface area contributed by atoms with Gasteiger partial charge in [-0.25, -0.2) is 0 Å². The van der Waals surface area contributed by atoms with Crippen LogP contribution in [0.15, 0.2) is 0 Å². The Morgan fingerprint density at radius 1 is 1.29 bits per heavy atom. The molecule has 0 aliphatic carbocycles. The van der Waals surface area contributed by atoms with E-state index in [0.717, 1.165) is 6.42 Å². The van der Waals surface area contributed by atoms with Crippen molar-refractivity contribution in [2.24, 2.45) is 11.1 Å². The van der Waals surface area contributed by atoms with E-state index in [0.29, 0.717) is 13.0 Å². The normalized spacial score (nSPS) is 14.5. The van der Waals surface area contributed by atoms with E-state index in [1.807, 2.05) is 13.8 Å². The fourth-order valence-electron chi connectivity index (χ4n) is 1.62. The van der Waals surface area contributed by atoms with Gasteiger partial charge in [-0.15, -0.1) is 0 Å². The predicted molar refractivity (Wildman–Crippen MR) is 70.8 cm³/mol. The molecule has 1 amide bonds. The van der Waals surface area contributed by atoms with Crippen LogP contribution in [-0.2, 0) is 9.53 Å². The van der Waals surface area contributed by atoms with Gasteiger partial charge in [0.05, 0.1) is 12.0 Å². The van der Waals surface area contributed by atoms with Crippen molar-refractivity contribution < 1.29 is 9.53 Å². The molecule has 102 valence electrons. The van der Waals surface area contributed by atoms with Crippen molar-refractivity contribution in [2.75, 3.05) is 13.7 Å². The van der Waals surface area contributed by atoms with Gasteiger partial charge >= 0.3 is 0 Å². The fraction of sp³-hybridized carbons (Fsp3) is 0.923. The standard InChI is InChI=1S/C13H28N2O2/c1-12(2,3)7-10(14)9-15-11(16)8-13(4,5)17-6/h10H,7-9,14H2,1-6H3,(H,15,16). The maximum Gasteiger partial charge on any atom is 0.222 e. The minimum atomic E-state index is -0.418. The van der Waals surface area contributed by atoms with Crippen LogP contribution in [0.3, 0.4) is 0 Å². The van der Waals surface area contributed by atoms with Crippen molar-refractivity contribution in [3.8, 4) is 0 Å². The van der Waals surface area contributed by atoms with Crippen LogP contribution in [0.5, 0.6) is 0 Å². The minimum absolute atomic E-state index is 0.00427. The molecule has 0 saturated carbocycles. The highest BCUT2D eigenvalue weighted by Gasteiger charge is 2.22. The highest BCUT2D eigenvalue weighted by Crippen LogP contribution is 2.19. The summed E-state index contributed by atoms with van der Waals surface area (Å²) in [5, 5.41) is 2.85. The third-order valence-electron chi connectivity index (χ3n) is 2.57. The fourth-order valence-corrected chi connectivity index (χ4v) is 1.62. The Labute approximate surface area is 105 Å². The largest absolute Gasteiger partial charge is 0.378 e. The first kappa shape index (κ1) is 16.4. The Morgan fingerprint density at radius 2 is 1.82 bits per heavy atom. The number of nitrogens with one attached hydrogen (secondary N) is 1. The van der Waals surface area contributed by atoms with Gasteiger partial charge < -0.3 is 15.8 Å². The third-order valence-corrected chi connectivity index (χ3v) is 2.57. The van der Waals surface area contributed by atoms with Crippen LogP contribution in [-0.4, -0.2) is 31.2 Å². The highest BCUT2D eigenvalue weighted by molar-refractivity contribution is 5.76. The first-order valence-corrected chi connectivity index (χ1v) is 6.13. The number of carbonyl (C=O) groups excluding carboxylic acids is 1. The number of amides is 1. The molecule has 0 fully saturated rings. The molecule has 0 radical (unpaired) electrons. The molecule has 17 heavy (non-hydrogen) atoms. The van der Waals surface area contributed by atoms with Crippen molar-refractivity contribution in [1.29, 1.82) is 0 Å². The molecule has 0 aliphatic heterocycles. The summed E-state index contributed by atoms with van der Waals surface area (Å²) in [6.07, 6.45) is 1.24. The summed E-state index contributed by atoms with van der Waals surface area (Å²) >= 11 is 0. The number of methoxy groups -OCH3 is 1. The number of nitrogens with two attached hydrogens (primary N) is 1. The van der Waals surface area contributed by atoms with Gasteiger partial charge in [-0.3, -0.25) is 4.79 Å². The van der Waals surface area contributed by atoms with Crippen LogP contribution in [0.2, 0.25) is 0 Å². The summed E-state index contributed by atoms with van der Waals surface area (Å²) in [5.41, 5.74) is 5.73. The molecule has 0 spiro atoms. The lowest BCUT2D eigenvalue weighted by Gasteiger charge is -2.25. The van der Waals surface area contributed by atoms with E-state index >= 15 is 0 Å². The van der Waals surface area contributed by atoms with Gasteiger partial charge in [0.1, 0.15) is 0 Å². The second-order valence-corrected chi connectivity index (χ2v) is 6.47. The summed E-state index contributed by atoms with van der Waals surface area (Å²) < 4.78 is 5.20. The van der Waals surface area contributed by atoms with E-state index in [-0.39, 0.29) is 17.4 Å². The Kier molecular flexibility index (Phi) is 6.13. The maximum atomic E-state index is 11.6. The van der Waals surface area contributed by atoms with Crippen LogP contribution in [0.4, 0.5) is 0 Å². The van der Waals surface area contributed by atoms with Crippen molar-refractivity contribution in [2.45, 2.75) is 59.1 Å². The van der Waals surface area contributed by atoms with Crippen LogP contribution in [0, 0.1) is 5.41 Å². The van der Waals surface area contributed by atoms with Crippen molar-refractivity contribution in [1.82, 2.24) is 5.32 Å². The zero-order valence-electron chi connectivity index (χ0n) is 12.1. The van der Waals surface area contributed by atoms with E-state index in [1.165, 1.54) is 0 Å². The highest BCUT2D eigenvalue weighted by atomic mass is 16.5. The van der Waals surface area contributed by atoms with Crippen LogP contribution >= 0.6 is 0 Å². The molecule has 3 N–H and O–H groups in total. The summed E-state index contributed by atoms with van der Waals surface area (Å²) in [7, 11) is 1.61. The molecule has 0 saturated heterocycles. The Hall–Kier alpha value is -0.610. The van der Waals surface area contributed by atoms with E-state index < -0.39 is 5.60 Å². The maximum absolute atomic E-state index is 11.6. The molecule has 0 bridgehead atoms. The molecular weight excluding hydrogens is 216 g/mol. The topological polar surface area (TPSA) is 64.3 Å². The number of rotatable bonds is 6. The third kappa shape index (κ3) is 9.12. The number of ether oxygens (including phenoxy) is 1. The Balaban J connectivity index is 3.93. The molecule has 0 aromatic rings. The first-order valence-electron chi connectivity index (χ1n) is 6.13. The SMILES string of the molecule is COC(C)(C)CC(=O)NCC(N)CC(C)(C)C. The molecular formula is C13H28N2O2. The molecule has 0 aromatic carbocycles. The van der Waals surface area contributed by atoms with E-state index in [9.17, 15) is 4.79 Å². The van der Waals surface area contributed by atoms with Gasteiger partial charge in [0.15, 0.2) is 0 Å². The number of hydrogen-bond acceptors (Lipinski definition) is 3. The molecule has 4 heteroatoms. The Bertz CT molecular complexity index is 244. The van der Waals surface area contributed by atoms with Crippen LogP contribution in [0.1, 0.15) is 47.5 Å². The van der Waals surface area contributed by atoms with E-state index in [4.69, 9.17) is 10.5 Å². The lowest BCUT2D eigenvalue weighted by molar-refractivity contribution is -0.126. The summed E-state index contributed by atoms with van der Waals surface area (Å²) in [4.78, 5) is 11.6. The smallest absolute Gasteiger partial charge is 0.222 e. The average Bonchev–Trinajstić information content (AvgIpc) is 2.11. The molecule has 4 nitrogen and oxygen atoms in total. The monoisotopic (exact) mass is 244 g/mol. The van der Waals surface area contributed by atoms with Gasteiger partial charge in [-0.1, -0.05) is 20.8 Å². The van der Waals surface area contributed by atoms with Crippen LogP contribution in [0.25, 0.3) is 0 Å². The molecule has 1 unspecified atom stereocenters. The van der Waals surface area contributed by atoms with E-state index in [2.05, 4.69) is 26.1 Å². The Morgan fingerprint density at radius 3 is 2.24 bits per heavy atom. The number of hydrogen-bond donors (Lipinski definition) is 2. The molecule has 1 atom stereocenters. The molecule has 0 aromatic heterocycles. The minimum Gasteiger partial charge on any atom is -0.378 e.